The number of thiazole rings is 1. The van der Waals surface area contributed by atoms with E-state index < -0.39 is 0 Å². The number of para-hydroxylation sites is 1. The molecule has 0 bridgehead atoms. The number of aromatic nitrogens is 1. The summed E-state index contributed by atoms with van der Waals surface area (Å²) in [5, 5.41) is 6.35. The van der Waals surface area contributed by atoms with Gasteiger partial charge in [-0.05, 0) is 24.3 Å². The molecule has 0 radical (unpaired) electrons. The van der Waals surface area contributed by atoms with Crippen molar-refractivity contribution in [2.75, 3.05) is 21.3 Å². The van der Waals surface area contributed by atoms with Crippen molar-refractivity contribution in [2.24, 2.45) is 10.1 Å². The molecule has 2 aromatic carbocycles. The third-order valence-corrected chi connectivity index (χ3v) is 4.68. The van der Waals surface area contributed by atoms with E-state index in [1.165, 1.54) is 17.4 Å². The van der Waals surface area contributed by atoms with Crippen LogP contribution in [-0.4, -0.2) is 32.2 Å². The second-order valence-electron chi connectivity index (χ2n) is 5.25. The molecule has 26 heavy (non-hydrogen) atoms. The predicted octanol–water partition coefficient (Wildman–Crippen LogP) is 3.79. The van der Waals surface area contributed by atoms with Gasteiger partial charge in [0.05, 0.1) is 26.1 Å². The maximum absolute atomic E-state index is 14.2. The van der Waals surface area contributed by atoms with Crippen LogP contribution in [0.25, 0.3) is 11.3 Å². The van der Waals surface area contributed by atoms with Gasteiger partial charge in [-0.2, -0.15) is 5.10 Å². The third kappa shape index (κ3) is 3.39. The molecule has 7 heteroatoms. The molecule has 0 aliphatic carbocycles. The van der Waals surface area contributed by atoms with Crippen LogP contribution in [0.1, 0.15) is 5.56 Å². The van der Waals surface area contributed by atoms with Crippen LogP contribution < -0.4 is 14.3 Å². The minimum absolute atomic E-state index is 0.309. The Morgan fingerprint density at radius 3 is 2.58 bits per heavy atom. The third-order valence-electron chi connectivity index (χ3n) is 3.77. The van der Waals surface area contributed by atoms with Gasteiger partial charge in [-0.3, -0.25) is 4.99 Å². The van der Waals surface area contributed by atoms with Crippen LogP contribution in [-0.2, 0) is 0 Å². The summed E-state index contributed by atoms with van der Waals surface area (Å²) < 4.78 is 26.6. The Labute approximate surface area is 154 Å². The standard InChI is InChI=1S/C19H18FN3O2S/c1-21-19-23(16(12-26-19)14-8-4-5-9-15(14)20)22-11-13-7-6-10-17(24-2)18(13)25-3/h4-12H,1-3H3/b21-19?,22-11-. The molecular weight excluding hydrogens is 353 g/mol. The van der Waals surface area contributed by atoms with Crippen LogP contribution in [0.15, 0.2) is 57.9 Å². The van der Waals surface area contributed by atoms with Gasteiger partial charge in [-0.15, -0.1) is 11.3 Å². The van der Waals surface area contributed by atoms with Crippen molar-refractivity contribution in [3.05, 3.63) is 64.0 Å². The molecule has 134 valence electrons. The zero-order valence-electron chi connectivity index (χ0n) is 14.6. The molecule has 0 aliphatic heterocycles. The van der Waals surface area contributed by atoms with Gasteiger partial charge in [0.1, 0.15) is 5.82 Å². The Hall–Kier alpha value is -2.93. The first-order valence-corrected chi connectivity index (χ1v) is 8.71. The summed E-state index contributed by atoms with van der Waals surface area (Å²) in [6, 6.07) is 12.1. The summed E-state index contributed by atoms with van der Waals surface area (Å²) in [7, 11) is 4.83. The zero-order valence-corrected chi connectivity index (χ0v) is 15.5. The highest BCUT2D eigenvalue weighted by Crippen LogP contribution is 2.29. The highest BCUT2D eigenvalue weighted by atomic mass is 32.1. The lowest BCUT2D eigenvalue weighted by atomic mass is 10.1. The molecule has 0 saturated heterocycles. The van der Waals surface area contributed by atoms with Gasteiger partial charge in [0.15, 0.2) is 11.5 Å². The van der Waals surface area contributed by atoms with E-state index in [1.807, 2.05) is 23.6 Å². The smallest absolute Gasteiger partial charge is 0.205 e. The predicted molar refractivity (Wildman–Crippen MR) is 102 cm³/mol. The molecule has 5 nitrogen and oxygen atoms in total. The zero-order chi connectivity index (χ0) is 18.5. The molecule has 0 spiro atoms. The first kappa shape index (κ1) is 17.9. The lowest BCUT2D eigenvalue weighted by molar-refractivity contribution is 0.354. The molecule has 0 aliphatic rings. The fraction of sp³-hybridized carbons (Fsp3) is 0.158. The number of halogens is 1. The number of hydrogen-bond donors (Lipinski definition) is 0. The number of ether oxygens (including phenoxy) is 2. The van der Waals surface area contributed by atoms with E-state index >= 15 is 0 Å². The Morgan fingerprint density at radius 1 is 1.08 bits per heavy atom. The Kier molecular flexibility index (Phi) is 5.48. The van der Waals surface area contributed by atoms with Crippen molar-refractivity contribution in [2.45, 2.75) is 0 Å². The Bertz CT molecular complexity index is 1010. The highest BCUT2D eigenvalue weighted by Gasteiger charge is 2.12. The van der Waals surface area contributed by atoms with Gasteiger partial charge < -0.3 is 9.47 Å². The largest absolute Gasteiger partial charge is 0.493 e. The maximum atomic E-state index is 14.2. The van der Waals surface area contributed by atoms with Gasteiger partial charge in [-0.25, -0.2) is 9.07 Å². The van der Waals surface area contributed by atoms with E-state index in [4.69, 9.17) is 9.47 Å². The second-order valence-corrected chi connectivity index (χ2v) is 6.08. The molecule has 1 heterocycles. The van der Waals surface area contributed by atoms with Crippen molar-refractivity contribution >= 4 is 17.6 Å². The molecule has 3 aromatic rings. The quantitative estimate of drug-likeness (QED) is 0.641. The number of rotatable bonds is 5. The second kappa shape index (κ2) is 7.97. The molecule has 3 rings (SSSR count). The SMILES string of the molecule is CN=c1scc(-c2ccccc2F)n1/N=C\c1cccc(OC)c1OC. The molecule has 0 saturated carbocycles. The molecule has 0 amide bonds. The number of benzene rings is 2. The van der Waals surface area contributed by atoms with E-state index in [0.717, 1.165) is 5.56 Å². The summed E-state index contributed by atoms with van der Waals surface area (Å²) >= 11 is 1.39. The Morgan fingerprint density at radius 2 is 1.88 bits per heavy atom. The summed E-state index contributed by atoms with van der Waals surface area (Å²) in [5.41, 5.74) is 1.84. The maximum Gasteiger partial charge on any atom is 0.205 e. The van der Waals surface area contributed by atoms with Crippen LogP contribution in [0.2, 0.25) is 0 Å². The molecule has 0 atom stereocenters. The summed E-state index contributed by atoms with van der Waals surface area (Å²) in [6.45, 7) is 0. The Balaban J connectivity index is 2.11. The van der Waals surface area contributed by atoms with Crippen LogP contribution in [0.3, 0.4) is 0 Å². The van der Waals surface area contributed by atoms with Crippen LogP contribution in [0.4, 0.5) is 4.39 Å². The molecule has 0 unspecified atom stereocenters. The fourth-order valence-electron chi connectivity index (χ4n) is 2.55. The summed E-state index contributed by atoms with van der Waals surface area (Å²) in [5.74, 6) is 0.884. The van der Waals surface area contributed by atoms with E-state index in [9.17, 15) is 4.39 Å². The van der Waals surface area contributed by atoms with E-state index in [1.54, 1.807) is 50.4 Å². The van der Waals surface area contributed by atoms with E-state index in [-0.39, 0.29) is 5.82 Å². The number of nitrogens with zero attached hydrogens (tertiary/aromatic N) is 3. The van der Waals surface area contributed by atoms with Crippen molar-refractivity contribution in [1.82, 2.24) is 4.68 Å². The fourth-order valence-corrected chi connectivity index (χ4v) is 3.35. The van der Waals surface area contributed by atoms with Gasteiger partial charge in [0, 0.05) is 23.6 Å². The van der Waals surface area contributed by atoms with Crippen LogP contribution in [0.5, 0.6) is 11.5 Å². The topological polar surface area (TPSA) is 48.1 Å². The molecular formula is C19H18FN3O2S. The van der Waals surface area contributed by atoms with Gasteiger partial charge in [-0.1, -0.05) is 18.2 Å². The monoisotopic (exact) mass is 371 g/mol. The van der Waals surface area contributed by atoms with Gasteiger partial charge in [0.25, 0.3) is 0 Å². The van der Waals surface area contributed by atoms with Gasteiger partial charge in [0.2, 0.25) is 4.80 Å². The first-order chi connectivity index (χ1) is 12.7. The first-order valence-electron chi connectivity index (χ1n) is 7.83. The molecule has 0 fully saturated rings. The minimum atomic E-state index is -0.309. The highest BCUT2D eigenvalue weighted by molar-refractivity contribution is 7.07. The lowest BCUT2D eigenvalue weighted by Gasteiger charge is -2.10. The summed E-state index contributed by atoms with van der Waals surface area (Å²) in [6.07, 6.45) is 1.65. The average molecular weight is 371 g/mol. The number of hydrogen-bond acceptors (Lipinski definition) is 5. The molecule has 0 N–H and O–H groups in total. The van der Waals surface area contributed by atoms with Crippen LogP contribution in [0, 0.1) is 5.82 Å². The van der Waals surface area contributed by atoms with E-state index in [2.05, 4.69) is 10.1 Å². The van der Waals surface area contributed by atoms with Gasteiger partial charge >= 0.3 is 0 Å². The normalized spacial score (nSPS) is 11.9. The minimum Gasteiger partial charge on any atom is -0.493 e. The average Bonchev–Trinajstić information content (AvgIpc) is 3.08. The van der Waals surface area contributed by atoms with Crippen molar-refractivity contribution in [3.8, 4) is 22.8 Å². The van der Waals surface area contributed by atoms with Crippen molar-refractivity contribution in [3.63, 3.8) is 0 Å². The number of methoxy groups -OCH3 is 2. The lowest BCUT2D eigenvalue weighted by Crippen LogP contribution is -2.12. The van der Waals surface area contributed by atoms with Crippen molar-refractivity contribution < 1.29 is 13.9 Å². The van der Waals surface area contributed by atoms with Crippen LogP contribution >= 0.6 is 11.3 Å². The van der Waals surface area contributed by atoms with Crippen molar-refractivity contribution in [1.29, 1.82) is 0 Å². The van der Waals surface area contributed by atoms with E-state index in [0.29, 0.717) is 27.6 Å². The molecule has 1 aromatic heterocycles. The summed E-state index contributed by atoms with van der Waals surface area (Å²) in [4.78, 5) is 4.88.